The van der Waals surface area contributed by atoms with Crippen molar-refractivity contribution in [1.82, 2.24) is 25.0 Å². The fourth-order valence-electron chi connectivity index (χ4n) is 4.38. The maximum absolute atomic E-state index is 13.7. The number of nitriles is 1. The van der Waals surface area contributed by atoms with Crippen LogP contribution in [0.3, 0.4) is 0 Å². The van der Waals surface area contributed by atoms with Gasteiger partial charge in [-0.15, -0.1) is 16.4 Å². The highest BCUT2D eigenvalue weighted by Crippen LogP contribution is 2.55. The molecular weight excluding hydrogens is 549 g/mol. The Hall–Kier alpha value is -3.43. The molecule has 0 aliphatic heterocycles. The molecule has 1 aliphatic carbocycles. The van der Waals surface area contributed by atoms with Crippen LogP contribution in [0.1, 0.15) is 61.5 Å². The summed E-state index contributed by atoms with van der Waals surface area (Å²) in [6.07, 6.45) is -1.64. The van der Waals surface area contributed by atoms with E-state index in [1.807, 2.05) is 13.0 Å². The number of pyridine rings is 1. The number of nitrogens with zero attached hydrogens (tertiary/aromatic N) is 6. The van der Waals surface area contributed by atoms with Crippen molar-refractivity contribution in [3.8, 4) is 6.07 Å². The molecule has 0 saturated heterocycles. The number of thiazole rings is 1. The summed E-state index contributed by atoms with van der Waals surface area (Å²) < 4.78 is 42.2. The van der Waals surface area contributed by atoms with E-state index in [9.17, 15) is 18.4 Å². The summed E-state index contributed by atoms with van der Waals surface area (Å²) in [5, 5.41) is 25.5. The lowest BCUT2D eigenvalue weighted by Gasteiger charge is -2.22. The van der Waals surface area contributed by atoms with Gasteiger partial charge in [-0.2, -0.15) is 18.4 Å². The summed E-state index contributed by atoms with van der Waals surface area (Å²) in [7, 11) is 0. The van der Waals surface area contributed by atoms with Crippen molar-refractivity contribution in [2.45, 2.75) is 58.3 Å². The van der Waals surface area contributed by atoms with Gasteiger partial charge in [0.1, 0.15) is 17.8 Å². The van der Waals surface area contributed by atoms with Crippen LogP contribution in [0.2, 0.25) is 5.02 Å². The van der Waals surface area contributed by atoms with E-state index in [2.05, 4.69) is 57.8 Å². The number of benzene rings is 1. The van der Waals surface area contributed by atoms with Crippen LogP contribution in [0.5, 0.6) is 0 Å². The summed E-state index contributed by atoms with van der Waals surface area (Å²) in [6, 6.07) is 5.07. The Morgan fingerprint density at radius 2 is 1.97 bits per heavy atom. The van der Waals surface area contributed by atoms with Crippen LogP contribution >= 0.6 is 22.9 Å². The van der Waals surface area contributed by atoms with Crippen LogP contribution in [0.4, 0.5) is 24.5 Å². The van der Waals surface area contributed by atoms with E-state index >= 15 is 0 Å². The van der Waals surface area contributed by atoms with Crippen LogP contribution in [0, 0.1) is 23.7 Å². The van der Waals surface area contributed by atoms with Gasteiger partial charge in [0.15, 0.2) is 5.54 Å². The summed E-state index contributed by atoms with van der Waals surface area (Å²) in [5.41, 5.74) is 2.73. The van der Waals surface area contributed by atoms with Crippen molar-refractivity contribution in [3.63, 3.8) is 0 Å². The largest absolute Gasteiger partial charge is 0.413 e. The Morgan fingerprint density at radius 3 is 2.56 bits per heavy atom. The number of anilines is 2. The van der Waals surface area contributed by atoms with Crippen molar-refractivity contribution in [2.75, 3.05) is 17.2 Å². The lowest BCUT2D eigenvalue weighted by Crippen LogP contribution is -2.35. The van der Waals surface area contributed by atoms with Gasteiger partial charge in [0, 0.05) is 23.8 Å². The van der Waals surface area contributed by atoms with E-state index in [-0.39, 0.29) is 18.3 Å². The van der Waals surface area contributed by atoms with Crippen LogP contribution in [0.15, 0.2) is 30.0 Å². The molecule has 0 amide bonds. The summed E-state index contributed by atoms with van der Waals surface area (Å²) in [4.78, 5) is 9.50. The standard InChI is InChI=1S/C26H26ClF3N8S/c1-14-23(39-13-34-14)22(19-11-38(37-36-19)25(5-6-25)26(28,29)30)35-16-7-17-20(33-12-24(2,3)4)15(9-31)10-32-21(17)18(27)8-16/h7-8,10-11,13,22,35H,5-6,12H2,1-4H3,(H,32,33)/t22-/m1/s1. The minimum Gasteiger partial charge on any atom is -0.383 e. The minimum absolute atomic E-state index is 0.0319. The molecule has 1 fully saturated rings. The molecule has 2 N–H and O–H groups in total. The molecule has 4 aromatic rings. The fraction of sp³-hybridized carbons (Fsp3) is 0.423. The molecule has 3 heterocycles. The summed E-state index contributed by atoms with van der Waals surface area (Å²) in [5.74, 6) is 0. The van der Waals surface area contributed by atoms with E-state index in [0.717, 1.165) is 15.3 Å². The Bertz CT molecular complexity index is 1580. The Kier molecular flexibility index (Phi) is 6.71. The highest BCUT2D eigenvalue weighted by atomic mass is 35.5. The summed E-state index contributed by atoms with van der Waals surface area (Å²) >= 11 is 8.01. The molecule has 1 aromatic carbocycles. The second-order valence-corrected chi connectivity index (χ2v) is 12.2. The number of aromatic nitrogens is 5. The van der Waals surface area contributed by atoms with Crippen molar-refractivity contribution in [1.29, 1.82) is 5.26 Å². The van der Waals surface area contributed by atoms with Crippen molar-refractivity contribution in [3.05, 3.63) is 56.9 Å². The van der Waals surface area contributed by atoms with Crippen LogP contribution in [-0.2, 0) is 5.54 Å². The van der Waals surface area contributed by atoms with Gasteiger partial charge >= 0.3 is 6.18 Å². The third kappa shape index (κ3) is 5.13. The molecule has 1 saturated carbocycles. The number of hydrogen-bond donors (Lipinski definition) is 2. The van der Waals surface area contributed by atoms with Gasteiger partial charge in [0.05, 0.1) is 44.1 Å². The molecule has 5 rings (SSSR count). The van der Waals surface area contributed by atoms with Crippen molar-refractivity contribution < 1.29 is 13.2 Å². The van der Waals surface area contributed by atoms with Gasteiger partial charge in [-0.25, -0.2) is 9.67 Å². The first-order valence-corrected chi connectivity index (χ1v) is 13.5. The third-order valence-corrected chi connectivity index (χ3v) is 7.98. The molecule has 0 bridgehead atoms. The third-order valence-electron chi connectivity index (χ3n) is 6.69. The first-order valence-electron chi connectivity index (χ1n) is 12.3. The molecule has 13 heteroatoms. The molecule has 8 nitrogen and oxygen atoms in total. The average molecular weight is 575 g/mol. The van der Waals surface area contributed by atoms with Gasteiger partial charge in [-0.3, -0.25) is 4.98 Å². The van der Waals surface area contributed by atoms with Gasteiger partial charge in [-0.05, 0) is 37.3 Å². The number of hydrogen-bond acceptors (Lipinski definition) is 8. The van der Waals surface area contributed by atoms with E-state index in [4.69, 9.17) is 11.6 Å². The number of halogens is 4. The van der Waals surface area contributed by atoms with Gasteiger partial charge < -0.3 is 10.6 Å². The maximum Gasteiger partial charge on any atom is 0.413 e. The minimum atomic E-state index is -4.42. The Morgan fingerprint density at radius 1 is 1.23 bits per heavy atom. The predicted molar refractivity (Wildman–Crippen MR) is 145 cm³/mol. The quantitative estimate of drug-likeness (QED) is 0.249. The zero-order valence-corrected chi connectivity index (χ0v) is 23.3. The maximum atomic E-state index is 13.7. The Balaban J connectivity index is 1.58. The lowest BCUT2D eigenvalue weighted by molar-refractivity contribution is -0.182. The first-order chi connectivity index (χ1) is 18.3. The molecular formula is C26H26ClF3N8S. The molecule has 0 spiro atoms. The zero-order chi connectivity index (χ0) is 28.2. The number of alkyl halides is 3. The number of rotatable bonds is 7. The molecule has 1 aliphatic rings. The van der Waals surface area contributed by atoms with Crippen molar-refractivity contribution in [2.24, 2.45) is 5.41 Å². The molecule has 0 unspecified atom stereocenters. The zero-order valence-electron chi connectivity index (χ0n) is 21.7. The molecule has 204 valence electrons. The average Bonchev–Trinajstić information content (AvgIpc) is 3.35. The smallest absolute Gasteiger partial charge is 0.383 e. The van der Waals surface area contributed by atoms with E-state index in [1.165, 1.54) is 23.7 Å². The van der Waals surface area contributed by atoms with Gasteiger partial charge in [-0.1, -0.05) is 37.6 Å². The molecule has 1 atom stereocenters. The van der Waals surface area contributed by atoms with E-state index in [0.29, 0.717) is 45.1 Å². The van der Waals surface area contributed by atoms with E-state index in [1.54, 1.807) is 11.6 Å². The summed E-state index contributed by atoms with van der Waals surface area (Å²) in [6.45, 7) is 8.66. The van der Waals surface area contributed by atoms with Crippen molar-refractivity contribution >= 4 is 45.2 Å². The highest BCUT2D eigenvalue weighted by molar-refractivity contribution is 7.09. The molecule has 3 aromatic heterocycles. The second kappa shape index (κ2) is 9.64. The predicted octanol–water partition coefficient (Wildman–Crippen LogP) is 6.83. The number of aryl methyl sites for hydroxylation is 1. The number of fused-ring (bicyclic) bond motifs is 1. The normalized spacial score (nSPS) is 15.7. The highest BCUT2D eigenvalue weighted by Gasteiger charge is 2.66. The van der Waals surface area contributed by atoms with E-state index < -0.39 is 17.8 Å². The fourth-order valence-corrected chi connectivity index (χ4v) is 5.51. The Labute approximate surface area is 232 Å². The van der Waals surface area contributed by atoms with Crippen LogP contribution in [0.25, 0.3) is 10.9 Å². The molecule has 39 heavy (non-hydrogen) atoms. The number of nitrogens with one attached hydrogen (secondary N) is 2. The monoisotopic (exact) mass is 574 g/mol. The lowest BCUT2D eigenvalue weighted by atomic mass is 9.96. The van der Waals surface area contributed by atoms with Crippen LogP contribution in [-0.4, -0.2) is 37.7 Å². The SMILES string of the molecule is Cc1ncsc1[C@H](Nc1cc(Cl)c2ncc(C#N)c(NCC(C)(C)C)c2c1)c1cn(C2(C(F)(F)F)CC2)nn1. The van der Waals surface area contributed by atoms with Crippen LogP contribution < -0.4 is 10.6 Å². The van der Waals surface area contributed by atoms with Gasteiger partial charge in [0.2, 0.25) is 0 Å². The van der Waals surface area contributed by atoms with Gasteiger partial charge in [0.25, 0.3) is 0 Å². The molecule has 0 radical (unpaired) electrons. The second-order valence-electron chi connectivity index (χ2n) is 10.9. The topological polar surface area (TPSA) is 104 Å². The first kappa shape index (κ1) is 27.1.